The average Bonchev–Trinajstić information content (AvgIpc) is 2.40. The van der Waals surface area contributed by atoms with Crippen molar-refractivity contribution >= 4 is 5.69 Å². The van der Waals surface area contributed by atoms with E-state index in [-0.39, 0.29) is 5.82 Å². The molecule has 0 radical (unpaired) electrons. The molecule has 0 bridgehead atoms. The first-order chi connectivity index (χ1) is 9.90. The van der Waals surface area contributed by atoms with Gasteiger partial charge in [0, 0.05) is 30.9 Å². The molecule has 0 aromatic heterocycles. The van der Waals surface area contributed by atoms with Crippen LogP contribution in [0.25, 0.3) is 0 Å². The van der Waals surface area contributed by atoms with Crippen LogP contribution in [0.1, 0.15) is 32.8 Å². The highest BCUT2D eigenvalue weighted by molar-refractivity contribution is 5.48. The molecule has 0 spiro atoms. The second-order valence-corrected chi connectivity index (χ2v) is 6.32. The molecule has 2 rings (SSSR count). The van der Waals surface area contributed by atoms with Crippen LogP contribution in [0.15, 0.2) is 18.2 Å². The van der Waals surface area contributed by atoms with Crippen LogP contribution in [0, 0.1) is 11.7 Å². The normalized spacial score (nSPS) is 26.1. The van der Waals surface area contributed by atoms with Gasteiger partial charge in [-0.2, -0.15) is 0 Å². The van der Waals surface area contributed by atoms with Crippen LogP contribution in [-0.4, -0.2) is 25.9 Å². The van der Waals surface area contributed by atoms with Gasteiger partial charge in [-0.25, -0.2) is 4.39 Å². The number of hydrogen-bond donors (Lipinski definition) is 3. The van der Waals surface area contributed by atoms with E-state index in [1.807, 2.05) is 13.0 Å². The molecule has 0 saturated carbocycles. The molecular weight excluding hydrogens is 269 g/mol. The predicted molar refractivity (Wildman–Crippen MR) is 83.6 cm³/mol. The number of ether oxygens (including phenoxy) is 1. The van der Waals surface area contributed by atoms with E-state index < -0.39 is 11.8 Å². The minimum absolute atomic E-state index is 0.261. The molecule has 1 aromatic rings. The van der Waals surface area contributed by atoms with Crippen molar-refractivity contribution in [3.63, 3.8) is 0 Å². The van der Waals surface area contributed by atoms with E-state index in [1.54, 1.807) is 6.07 Å². The Labute approximate surface area is 126 Å². The van der Waals surface area contributed by atoms with Gasteiger partial charge in [0.1, 0.15) is 17.6 Å². The molecule has 4 nitrogen and oxygen atoms in total. The number of anilines is 1. The zero-order valence-corrected chi connectivity index (χ0v) is 13.1. The maximum absolute atomic E-state index is 14.2. The van der Waals surface area contributed by atoms with Gasteiger partial charge in [0.2, 0.25) is 0 Å². The van der Waals surface area contributed by atoms with E-state index in [9.17, 15) is 4.39 Å². The van der Waals surface area contributed by atoms with E-state index in [2.05, 4.69) is 24.5 Å². The lowest BCUT2D eigenvalue weighted by molar-refractivity contribution is -0.109. The van der Waals surface area contributed by atoms with Crippen molar-refractivity contribution in [2.24, 2.45) is 11.7 Å². The number of nitrogens with two attached hydrogens (primary N) is 1. The van der Waals surface area contributed by atoms with Crippen LogP contribution in [0.4, 0.5) is 10.1 Å². The van der Waals surface area contributed by atoms with Crippen LogP contribution in [-0.2, 0) is 10.3 Å². The Morgan fingerprint density at radius 2 is 2.29 bits per heavy atom. The molecule has 1 fully saturated rings. The third-order valence-electron chi connectivity index (χ3n) is 3.81. The van der Waals surface area contributed by atoms with Gasteiger partial charge in [-0.1, -0.05) is 13.8 Å². The number of halogens is 1. The monoisotopic (exact) mass is 295 g/mol. The summed E-state index contributed by atoms with van der Waals surface area (Å²) in [6, 6.07) is 5.08. The van der Waals surface area contributed by atoms with Crippen LogP contribution in [0.3, 0.4) is 0 Å². The maximum Gasteiger partial charge on any atom is 0.129 e. The highest BCUT2D eigenvalue weighted by atomic mass is 19.1. The summed E-state index contributed by atoms with van der Waals surface area (Å²) >= 11 is 0. The molecule has 21 heavy (non-hydrogen) atoms. The van der Waals surface area contributed by atoms with Crippen molar-refractivity contribution in [1.82, 2.24) is 5.32 Å². The highest BCUT2D eigenvalue weighted by Gasteiger charge is 2.35. The van der Waals surface area contributed by atoms with Gasteiger partial charge >= 0.3 is 0 Å². The van der Waals surface area contributed by atoms with Gasteiger partial charge in [-0.3, -0.25) is 0 Å². The minimum Gasteiger partial charge on any atom is -0.385 e. The number of nitrogens with one attached hydrogen (secondary N) is 2. The SMILES string of the molecule is CC(C)CCNc1ccc(F)c(C2(C)CNC[C@H](N)O2)c1. The lowest BCUT2D eigenvalue weighted by Crippen LogP contribution is -2.53. The fourth-order valence-electron chi connectivity index (χ4n) is 2.57. The molecule has 0 amide bonds. The summed E-state index contributed by atoms with van der Waals surface area (Å²) in [5, 5.41) is 6.53. The van der Waals surface area contributed by atoms with E-state index in [1.165, 1.54) is 6.07 Å². The zero-order chi connectivity index (χ0) is 15.5. The lowest BCUT2D eigenvalue weighted by Gasteiger charge is -2.38. The Kier molecular flexibility index (Phi) is 5.19. The van der Waals surface area contributed by atoms with Crippen molar-refractivity contribution < 1.29 is 9.13 Å². The van der Waals surface area contributed by atoms with Crippen LogP contribution >= 0.6 is 0 Å². The maximum atomic E-state index is 14.2. The molecule has 1 aromatic carbocycles. The second-order valence-electron chi connectivity index (χ2n) is 6.32. The molecule has 0 aliphatic carbocycles. The highest BCUT2D eigenvalue weighted by Crippen LogP contribution is 2.31. The first-order valence-electron chi connectivity index (χ1n) is 7.59. The number of benzene rings is 1. The van der Waals surface area contributed by atoms with Crippen molar-refractivity contribution in [1.29, 1.82) is 0 Å². The van der Waals surface area contributed by atoms with Crippen molar-refractivity contribution in [3.8, 4) is 0 Å². The van der Waals surface area contributed by atoms with Gasteiger partial charge < -0.3 is 21.1 Å². The smallest absolute Gasteiger partial charge is 0.129 e. The first kappa shape index (κ1) is 16.2. The Balaban J connectivity index is 2.14. The van der Waals surface area contributed by atoms with Gasteiger partial charge in [0.25, 0.3) is 0 Å². The van der Waals surface area contributed by atoms with E-state index >= 15 is 0 Å². The number of rotatable bonds is 5. The molecule has 1 heterocycles. The van der Waals surface area contributed by atoms with Crippen molar-refractivity contribution in [2.45, 2.75) is 39.0 Å². The van der Waals surface area contributed by atoms with E-state index in [4.69, 9.17) is 10.5 Å². The minimum atomic E-state index is -0.739. The fourth-order valence-corrected chi connectivity index (χ4v) is 2.57. The topological polar surface area (TPSA) is 59.3 Å². The van der Waals surface area contributed by atoms with E-state index in [0.717, 1.165) is 18.7 Å². The van der Waals surface area contributed by atoms with Crippen molar-refractivity contribution in [2.75, 3.05) is 25.0 Å². The third-order valence-corrected chi connectivity index (χ3v) is 3.81. The summed E-state index contributed by atoms with van der Waals surface area (Å²) < 4.78 is 20.0. The number of morpholine rings is 1. The summed E-state index contributed by atoms with van der Waals surface area (Å²) in [6.07, 6.45) is 0.660. The summed E-state index contributed by atoms with van der Waals surface area (Å²) in [4.78, 5) is 0. The Hall–Kier alpha value is -1.17. The van der Waals surface area contributed by atoms with Gasteiger partial charge in [0.05, 0.1) is 0 Å². The molecule has 1 aliphatic heterocycles. The summed E-state index contributed by atoms with van der Waals surface area (Å²) in [7, 11) is 0. The Bertz CT molecular complexity index is 481. The molecule has 4 N–H and O–H groups in total. The summed E-state index contributed by atoms with van der Waals surface area (Å²) in [5.74, 6) is 0.377. The molecule has 5 heteroatoms. The second kappa shape index (κ2) is 6.73. The molecule has 2 atom stereocenters. The van der Waals surface area contributed by atoms with Crippen LogP contribution in [0.5, 0.6) is 0 Å². The molecular formula is C16H26FN3O. The van der Waals surface area contributed by atoms with E-state index in [0.29, 0.717) is 24.6 Å². The Morgan fingerprint density at radius 1 is 1.52 bits per heavy atom. The quantitative estimate of drug-likeness (QED) is 0.781. The molecule has 118 valence electrons. The summed E-state index contributed by atoms with van der Waals surface area (Å²) in [6.45, 7) is 8.24. The largest absolute Gasteiger partial charge is 0.385 e. The molecule has 1 aliphatic rings. The predicted octanol–water partition coefficient (Wildman–Crippen LogP) is 2.40. The number of hydrogen-bond acceptors (Lipinski definition) is 4. The van der Waals surface area contributed by atoms with Crippen LogP contribution in [0.2, 0.25) is 0 Å². The Morgan fingerprint density at radius 3 is 2.95 bits per heavy atom. The summed E-state index contributed by atoms with van der Waals surface area (Å²) in [5.41, 5.74) is 6.54. The van der Waals surface area contributed by atoms with Crippen LogP contribution < -0.4 is 16.4 Å². The third kappa shape index (κ3) is 4.15. The molecule has 1 saturated heterocycles. The fraction of sp³-hybridized carbons (Fsp3) is 0.625. The first-order valence-corrected chi connectivity index (χ1v) is 7.59. The zero-order valence-electron chi connectivity index (χ0n) is 13.1. The van der Waals surface area contributed by atoms with Gasteiger partial charge in [0.15, 0.2) is 0 Å². The molecule has 1 unspecified atom stereocenters. The van der Waals surface area contributed by atoms with Crippen molar-refractivity contribution in [3.05, 3.63) is 29.6 Å². The standard InChI is InChI=1S/C16H26FN3O/c1-11(2)6-7-20-12-4-5-14(17)13(8-12)16(3)10-19-9-15(18)21-16/h4-5,8,11,15,19-20H,6-7,9-10,18H2,1-3H3/t15-,16?/m1/s1. The van der Waals surface area contributed by atoms with Gasteiger partial charge in [-0.15, -0.1) is 0 Å². The lowest BCUT2D eigenvalue weighted by atomic mass is 9.93. The average molecular weight is 295 g/mol. The van der Waals surface area contributed by atoms with Gasteiger partial charge in [-0.05, 0) is 37.5 Å².